The molecule has 0 aliphatic carbocycles. The first-order valence-corrected chi connectivity index (χ1v) is 6.79. The molecular weight excluding hydrogens is 296 g/mol. The van der Waals surface area contributed by atoms with Gasteiger partial charge in [-0.3, -0.25) is 0 Å². The van der Waals surface area contributed by atoms with Crippen LogP contribution in [-0.4, -0.2) is 40.8 Å². The molecule has 0 spiro atoms. The van der Waals surface area contributed by atoms with Crippen LogP contribution in [0.4, 0.5) is 5.82 Å². The van der Waals surface area contributed by atoms with E-state index in [1.54, 1.807) is 29.1 Å². The van der Waals surface area contributed by atoms with Gasteiger partial charge in [-0.15, -0.1) is 0 Å². The van der Waals surface area contributed by atoms with Crippen LogP contribution < -0.4 is 0 Å². The second-order valence-electron chi connectivity index (χ2n) is 4.04. The SMILES string of the molecule is O=[N+]([O-])c1cnc2ccc(Sc3nccn3CCO)nn12. The molecule has 3 rings (SSSR count). The van der Waals surface area contributed by atoms with Gasteiger partial charge in [0.15, 0.2) is 5.16 Å². The molecule has 0 amide bonds. The Bertz CT molecular complexity index is 798. The maximum absolute atomic E-state index is 10.9. The molecule has 0 saturated carbocycles. The van der Waals surface area contributed by atoms with E-state index in [4.69, 9.17) is 5.11 Å². The Balaban J connectivity index is 1.95. The Morgan fingerprint density at radius 3 is 3.00 bits per heavy atom. The molecule has 0 unspecified atom stereocenters. The zero-order chi connectivity index (χ0) is 14.8. The van der Waals surface area contributed by atoms with Gasteiger partial charge in [0.05, 0.1) is 6.61 Å². The lowest BCUT2D eigenvalue weighted by Gasteiger charge is -2.03. The normalized spacial score (nSPS) is 11.1. The molecule has 21 heavy (non-hydrogen) atoms. The molecule has 10 heteroatoms. The van der Waals surface area contributed by atoms with Crippen molar-refractivity contribution in [2.75, 3.05) is 6.61 Å². The van der Waals surface area contributed by atoms with Gasteiger partial charge in [-0.1, -0.05) is 9.61 Å². The van der Waals surface area contributed by atoms with Crippen molar-refractivity contribution in [3.8, 4) is 0 Å². The number of nitrogens with zero attached hydrogens (tertiary/aromatic N) is 6. The van der Waals surface area contributed by atoms with Crippen LogP contribution in [0.1, 0.15) is 0 Å². The van der Waals surface area contributed by atoms with Crippen LogP contribution >= 0.6 is 11.8 Å². The lowest BCUT2D eigenvalue weighted by atomic mass is 10.6. The highest BCUT2D eigenvalue weighted by molar-refractivity contribution is 7.99. The molecule has 0 bridgehead atoms. The highest BCUT2D eigenvalue weighted by Crippen LogP contribution is 2.25. The Kier molecular flexibility index (Phi) is 3.54. The summed E-state index contributed by atoms with van der Waals surface area (Å²) in [5, 5.41) is 25.3. The van der Waals surface area contributed by atoms with Crippen LogP contribution in [0.15, 0.2) is 40.9 Å². The van der Waals surface area contributed by atoms with Gasteiger partial charge in [0.1, 0.15) is 11.2 Å². The number of aliphatic hydroxyl groups excluding tert-OH is 1. The standard InChI is InChI=1S/C11H10N6O3S/c18-6-5-15-4-3-12-11(15)21-9-2-1-8-13-7-10(17(19)20)16(8)14-9/h1-4,7,18H,5-6H2. The molecule has 1 N–H and O–H groups in total. The molecule has 0 fully saturated rings. The van der Waals surface area contributed by atoms with Crippen molar-refractivity contribution < 1.29 is 10.0 Å². The monoisotopic (exact) mass is 306 g/mol. The van der Waals surface area contributed by atoms with Crippen molar-refractivity contribution in [2.45, 2.75) is 16.7 Å². The summed E-state index contributed by atoms with van der Waals surface area (Å²) in [6.07, 6.45) is 4.54. The van der Waals surface area contributed by atoms with Gasteiger partial charge in [-0.25, -0.2) is 9.97 Å². The zero-order valence-electron chi connectivity index (χ0n) is 10.7. The van der Waals surface area contributed by atoms with E-state index in [1.807, 2.05) is 0 Å². The predicted molar refractivity (Wildman–Crippen MR) is 73.1 cm³/mol. The molecule has 3 aromatic rings. The first-order valence-electron chi connectivity index (χ1n) is 5.98. The van der Waals surface area contributed by atoms with Crippen molar-refractivity contribution in [2.24, 2.45) is 0 Å². The Hall–Kier alpha value is -2.46. The maximum Gasteiger partial charge on any atom is 0.368 e. The van der Waals surface area contributed by atoms with E-state index in [2.05, 4.69) is 15.1 Å². The number of nitro groups is 1. The summed E-state index contributed by atoms with van der Waals surface area (Å²) >= 11 is 1.26. The first kappa shape index (κ1) is 13.5. The molecule has 0 aromatic carbocycles. The second kappa shape index (κ2) is 5.50. The summed E-state index contributed by atoms with van der Waals surface area (Å²) in [5.41, 5.74) is 0.407. The minimum absolute atomic E-state index is 0.00335. The van der Waals surface area contributed by atoms with Gasteiger partial charge < -0.3 is 19.8 Å². The first-order chi connectivity index (χ1) is 10.2. The lowest BCUT2D eigenvalue weighted by Crippen LogP contribution is -2.03. The third-order valence-electron chi connectivity index (χ3n) is 2.72. The highest BCUT2D eigenvalue weighted by Gasteiger charge is 2.17. The molecule has 3 heterocycles. The Morgan fingerprint density at radius 2 is 2.24 bits per heavy atom. The van der Waals surface area contributed by atoms with Gasteiger partial charge in [-0.2, -0.15) is 0 Å². The molecule has 108 valence electrons. The number of rotatable bonds is 5. The third-order valence-corrected chi connectivity index (χ3v) is 3.67. The number of hydrogen-bond acceptors (Lipinski definition) is 7. The van der Waals surface area contributed by atoms with Crippen LogP contribution in [0, 0.1) is 10.1 Å². The number of aliphatic hydroxyl groups is 1. The summed E-state index contributed by atoms with van der Waals surface area (Å²) in [4.78, 5) is 18.5. The summed E-state index contributed by atoms with van der Waals surface area (Å²) in [6, 6.07) is 3.37. The van der Waals surface area contributed by atoms with Gasteiger partial charge in [0, 0.05) is 25.0 Å². The number of fused-ring (bicyclic) bond motifs is 1. The largest absolute Gasteiger partial charge is 0.395 e. The van der Waals surface area contributed by atoms with E-state index in [9.17, 15) is 10.1 Å². The predicted octanol–water partition coefficient (Wildman–Crippen LogP) is 0.977. The van der Waals surface area contributed by atoms with E-state index in [1.165, 1.54) is 22.5 Å². The van der Waals surface area contributed by atoms with E-state index in [-0.39, 0.29) is 12.4 Å². The van der Waals surface area contributed by atoms with Gasteiger partial charge in [-0.05, 0) is 22.8 Å². The highest BCUT2D eigenvalue weighted by atomic mass is 32.2. The van der Waals surface area contributed by atoms with Crippen molar-refractivity contribution in [3.63, 3.8) is 0 Å². The Morgan fingerprint density at radius 1 is 1.38 bits per heavy atom. The fraction of sp³-hybridized carbons (Fsp3) is 0.182. The van der Waals surface area contributed by atoms with Crippen LogP contribution in [0.5, 0.6) is 0 Å². The molecule has 0 atom stereocenters. The van der Waals surface area contributed by atoms with Crippen LogP contribution in [-0.2, 0) is 6.54 Å². The minimum Gasteiger partial charge on any atom is -0.395 e. The zero-order valence-corrected chi connectivity index (χ0v) is 11.5. The van der Waals surface area contributed by atoms with E-state index in [0.29, 0.717) is 22.4 Å². The van der Waals surface area contributed by atoms with Crippen LogP contribution in [0.2, 0.25) is 0 Å². The van der Waals surface area contributed by atoms with Crippen molar-refractivity contribution in [1.29, 1.82) is 0 Å². The lowest BCUT2D eigenvalue weighted by molar-refractivity contribution is -0.391. The summed E-state index contributed by atoms with van der Waals surface area (Å²) in [5.74, 6) is -0.189. The Labute approximate surface area is 122 Å². The van der Waals surface area contributed by atoms with Crippen LogP contribution in [0.3, 0.4) is 0 Å². The van der Waals surface area contributed by atoms with E-state index in [0.717, 1.165) is 0 Å². The summed E-state index contributed by atoms with van der Waals surface area (Å²) in [6.45, 7) is 0.430. The fourth-order valence-corrected chi connectivity index (χ4v) is 2.62. The summed E-state index contributed by atoms with van der Waals surface area (Å²) < 4.78 is 2.96. The van der Waals surface area contributed by atoms with Gasteiger partial charge in [0.2, 0.25) is 5.65 Å². The molecule has 0 aliphatic heterocycles. The molecule has 0 aliphatic rings. The maximum atomic E-state index is 10.9. The van der Waals surface area contributed by atoms with Crippen molar-refractivity contribution in [3.05, 3.63) is 40.8 Å². The van der Waals surface area contributed by atoms with E-state index < -0.39 is 4.92 Å². The number of imidazole rings is 2. The molecule has 9 nitrogen and oxygen atoms in total. The van der Waals surface area contributed by atoms with Gasteiger partial charge in [0.25, 0.3) is 0 Å². The average Bonchev–Trinajstić information content (AvgIpc) is 3.06. The topological polar surface area (TPSA) is 111 Å². The molecule has 0 radical (unpaired) electrons. The van der Waals surface area contributed by atoms with Gasteiger partial charge >= 0.3 is 5.82 Å². The third kappa shape index (κ3) is 2.58. The number of aromatic nitrogens is 5. The molecule has 3 aromatic heterocycles. The number of hydrogen-bond donors (Lipinski definition) is 1. The minimum atomic E-state index is -0.534. The smallest absolute Gasteiger partial charge is 0.368 e. The average molecular weight is 306 g/mol. The van der Waals surface area contributed by atoms with E-state index >= 15 is 0 Å². The summed E-state index contributed by atoms with van der Waals surface area (Å²) in [7, 11) is 0. The molecular formula is C11H10N6O3S. The quantitative estimate of drug-likeness (QED) is 0.552. The second-order valence-corrected chi connectivity index (χ2v) is 5.03. The van der Waals surface area contributed by atoms with Crippen LogP contribution in [0.25, 0.3) is 5.65 Å². The fourth-order valence-electron chi connectivity index (χ4n) is 1.80. The molecule has 0 saturated heterocycles. The van der Waals surface area contributed by atoms with Crippen molar-refractivity contribution >= 4 is 23.2 Å². The van der Waals surface area contributed by atoms with Crippen molar-refractivity contribution in [1.82, 2.24) is 24.1 Å².